The molecule has 38 valence electrons. The third kappa shape index (κ3) is 2.14. The normalized spacial score (nSPS) is 10.0. The van der Waals surface area contributed by atoms with Crippen molar-refractivity contribution in [2.75, 3.05) is 13.6 Å². The van der Waals surface area contributed by atoms with Crippen LogP contribution in [-0.4, -0.2) is 24.0 Å². The first-order valence-corrected chi connectivity index (χ1v) is 1.95. The van der Waals surface area contributed by atoms with Gasteiger partial charge in [-0.15, -0.1) is 5.17 Å². The van der Waals surface area contributed by atoms with Crippen molar-refractivity contribution < 1.29 is 5.21 Å². The summed E-state index contributed by atoms with van der Waals surface area (Å²) in [6.45, 7) is 2.45. The Morgan fingerprint density at radius 1 is 1.83 bits per heavy atom. The molecule has 0 radical (unpaired) electrons. The molecule has 3 heteroatoms. The lowest BCUT2D eigenvalue weighted by atomic mass is 10.8. The lowest BCUT2D eigenvalue weighted by Crippen LogP contribution is -2.30. The summed E-state index contributed by atoms with van der Waals surface area (Å²) < 4.78 is 0. The maximum atomic E-state index is 8.39. The molecule has 0 rings (SSSR count). The van der Waals surface area contributed by atoms with Crippen molar-refractivity contribution in [1.29, 1.82) is 0 Å². The average Bonchev–Trinajstić information content (AvgIpc) is 1.65. The number of rotatable bonds is 2. The fourth-order valence-corrected chi connectivity index (χ4v) is 0.158. The van der Waals surface area contributed by atoms with Gasteiger partial charge in [-0.1, -0.05) is 0 Å². The Bertz CT molecular complexity index is 28.0. The van der Waals surface area contributed by atoms with E-state index < -0.39 is 0 Å². The highest BCUT2D eigenvalue weighted by atomic mass is 16.5. The fourth-order valence-electron chi connectivity index (χ4n) is 0.158. The van der Waals surface area contributed by atoms with E-state index in [0.717, 1.165) is 5.17 Å². The molecule has 0 amide bonds. The number of hydrogen-bond donors (Lipinski definition) is 2. The molecule has 3 nitrogen and oxygen atoms in total. The zero-order valence-electron chi connectivity index (χ0n) is 4.10. The number of nitrogens with zero attached hydrogens (tertiary/aromatic N) is 1. The molecule has 0 aromatic carbocycles. The van der Waals surface area contributed by atoms with Crippen LogP contribution in [0.4, 0.5) is 0 Å². The van der Waals surface area contributed by atoms with E-state index in [1.54, 1.807) is 7.05 Å². The Balaban J connectivity index is 2.75. The standard InChI is InChI=1S/C3H10N2O/c1-3-5(6)4-2/h4,6H,3H2,1-2H3. The zero-order valence-corrected chi connectivity index (χ0v) is 4.10. The first kappa shape index (κ1) is 5.88. The molecule has 0 spiro atoms. The van der Waals surface area contributed by atoms with E-state index in [0.29, 0.717) is 6.54 Å². The maximum absolute atomic E-state index is 8.39. The molecular weight excluding hydrogens is 80.0 g/mol. The van der Waals surface area contributed by atoms with Gasteiger partial charge in [0.1, 0.15) is 0 Å². The number of nitrogens with one attached hydrogen (secondary N) is 1. The summed E-state index contributed by atoms with van der Waals surface area (Å²) in [4.78, 5) is 0. The molecule has 0 aromatic rings. The summed E-state index contributed by atoms with van der Waals surface area (Å²) in [5.74, 6) is 0. The van der Waals surface area contributed by atoms with Crippen molar-refractivity contribution in [2.45, 2.75) is 6.92 Å². The van der Waals surface area contributed by atoms with Gasteiger partial charge in [0.05, 0.1) is 0 Å². The van der Waals surface area contributed by atoms with Gasteiger partial charge in [-0.3, -0.25) is 5.21 Å². The molecule has 0 atom stereocenters. The van der Waals surface area contributed by atoms with E-state index >= 15 is 0 Å². The zero-order chi connectivity index (χ0) is 4.99. The molecule has 0 aliphatic rings. The molecule has 0 unspecified atom stereocenters. The summed E-state index contributed by atoms with van der Waals surface area (Å²) in [6.07, 6.45) is 0. The lowest BCUT2D eigenvalue weighted by Gasteiger charge is -2.06. The second kappa shape index (κ2) is 3.08. The predicted molar refractivity (Wildman–Crippen MR) is 23.2 cm³/mol. The van der Waals surface area contributed by atoms with Gasteiger partial charge >= 0.3 is 0 Å². The van der Waals surface area contributed by atoms with Crippen LogP contribution in [0.25, 0.3) is 0 Å². The summed E-state index contributed by atoms with van der Waals surface area (Å²) in [5, 5.41) is 9.39. The van der Waals surface area contributed by atoms with Gasteiger partial charge in [0.2, 0.25) is 0 Å². The molecular formula is C3H10N2O. The van der Waals surface area contributed by atoms with Crippen molar-refractivity contribution >= 4 is 0 Å². The van der Waals surface area contributed by atoms with Gasteiger partial charge in [-0.25, -0.2) is 5.43 Å². The highest BCUT2D eigenvalue weighted by Gasteiger charge is 1.82. The van der Waals surface area contributed by atoms with Crippen LogP contribution in [0.15, 0.2) is 0 Å². The molecule has 0 saturated heterocycles. The van der Waals surface area contributed by atoms with E-state index in [9.17, 15) is 0 Å². The Labute approximate surface area is 37.5 Å². The third-order valence-corrected chi connectivity index (χ3v) is 0.558. The van der Waals surface area contributed by atoms with Crippen molar-refractivity contribution in [3.63, 3.8) is 0 Å². The predicted octanol–water partition coefficient (Wildman–Crippen LogP) is -0.168. The Hall–Kier alpha value is -0.120. The van der Waals surface area contributed by atoms with E-state index in [-0.39, 0.29) is 0 Å². The van der Waals surface area contributed by atoms with Crippen LogP contribution in [0.2, 0.25) is 0 Å². The largest absolute Gasteiger partial charge is 0.299 e. The second-order valence-electron chi connectivity index (χ2n) is 0.939. The molecule has 0 fully saturated rings. The number of hydroxylamine groups is 1. The molecule has 0 heterocycles. The topological polar surface area (TPSA) is 35.5 Å². The smallest absolute Gasteiger partial charge is 0.0370 e. The van der Waals surface area contributed by atoms with Gasteiger partial charge in [0.25, 0.3) is 0 Å². The summed E-state index contributed by atoms with van der Waals surface area (Å²) in [6, 6.07) is 0. The molecule has 0 aromatic heterocycles. The summed E-state index contributed by atoms with van der Waals surface area (Å²) in [7, 11) is 1.66. The summed E-state index contributed by atoms with van der Waals surface area (Å²) in [5.41, 5.74) is 2.50. The minimum absolute atomic E-state index is 0.608. The Morgan fingerprint density at radius 2 is 2.33 bits per heavy atom. The van der Waals surface area contributed by atoms with Crippen LogP contribution >= 0.6 is 0 Å². The highest BCUT2D eigenvalue weighted by molar-refractivity contribution is 4.16. The van der Waals surface area contributed by atoms with Crippen LogP contribution in [0.1, 0.15) is 6.92 Å². The van der Waals surface area contributed by atoms with Crippen LogP contribution in [0.3, 0.4) is 0 Å². The van der Waals surface area contributed by atoms with Crippen molar-refractivity contribution in [1.82, 2.24) is 10.6 Å². The van der Waals surface area contributed by atoms with Crippen molar-refractivity contribution in [3.8, 4) is 0 Å². The third-order valence-electron chi connectivity index (χ3n) is 0.558. The first-order chi connectivity index (χ1) is 2.81. The fraction of sp³-hybridized carbons (Fsp3) is 1.00. The van der Waals surface area contributed by atoms with E-state index in [4.69, 9.17) is 5.21 Å². The number of hydrogen-bond acceptors (Lipinski definition) is 3. The highest BCUT2D eigenvalue weighted by Crippen LogP contribution is 1.63. The molecule has 0 bridgehead atoms. The SMILES string of the molecule is CCN(O)NC. The van der Waals surface area contributed by atoms with E-state index in [1.807, 2.05) is 6.92 Å². The van der Waals surface area contributed by atoms with Gasteiger partial charge in [-0.05, 0) is 6.92 Å². The van der Waals surface area contributed by atoms with Crippen molar-refractivity contribution in [3.05, 3.63) is 0 Å². The molecule has 0 aliphatic heterocycles. The van der Waals surface area contributed by atoms with Crippen LogP contribution in [-0.2, 0) is 0 Å². The van der Waals surface area contributed by atoms with Crippen LogP contribution in [0, 0.1) is 0 Å². The van der Waals surface area contributed by atoms with Crippen LogP contribution in [0.5, 0.6) is 0 Å². The summed E-state index contributed by atoms with van der Waals surface area (Å²) >= 11 is 0. The first-order valence-electron chi connectivity index (χ1n) is 1.95. The van der Waals surface area contributed by atoms with Gasteiger partial charge in [-0.2, -0.15) is 0 Å². The monoisotopic (exact) mass is 90.1 g/mol. The Morgan fingerprint density at radius 3 is 2.33 bits per heavy atom. The average molecular weight is 90.1 g/mol. The van der Waals surface area contributed by atoms with Crippen LogP contribution < -0.4 is 5.43 Å². The molecule has 0 aliphatic carbocycles. The van der Waals surface area contributed by atoms with Gasteiger partial charge in [0, 0.05) is 13.6 Å². The minimum Gasteiger partial charge on any atom is -0.299 e. The Kier molecular flexibility index (Phi) is 3.02. The lowest BCUT2D eigenvalue weighted by molar-refractivity contribution is -0.125. The van der Waals surface area contributed by atoms with Gasteiger partial charge in [0.15, 0.2) is 0 Å². The molecule has 6 heavy (non-hydrogen) atoms. The quantitative estimate of drug-likeness (QED) is 0.462. The number of hydrazine groups is 1. The van der Waals surface area contributed by atoms with Gasteiger partial charge < -0.3 is 0 Å². The maximum Gasteiger partial charge on any atom is 0.0370 e. The van der Waals surface area contributed by atoms with E-state index in [1.165, 1.54) is 0 Å². The molecule has 0 saturated carbocycles. The van der Waals surface area contributed by atoms with E-state index in [2.05, 4.69) is 5.43 Å². The van der Waals surface area contributed by atoms with Crippen molar-refractivity contribution in [2.24, 2.45) is 0 Å². The second-order valence-corrected chi connectivity index (χ2v) is 0.939. The minimum atomic E-state index is 0.608. The molecule has 2 N–H and O–H groups in total.